The van der Waals surface area contributed by atoms with Gasteiger partial charge in [-0.3, -0.25) is 4.90 Å². The summed E-state index contributed by atoms with van der Waals surface area (Å²) in [5, 5.41) is 3.41. The zero-order chi connectivity index (χ0) is 12.8. The Bertz CT molecular complexity index is 367. The van der Waals surface area contributed by atoms with Crippen molar-refractivity contribution in [2.75, 3.05) is 32.8 Å². The smallest absolute Gasteiger partial charge is 0.120 e. The lowest BCUT2D eigenvalue weighted by Crippen LogP contribution is -2.39. The van der Waals surface area contributed by atoms with Gasteiger partial charge in [0, 0.05) is 23.6 Å². The molecule has 0 spiro atoms. The summed E-state index contributed by atoms with van der Waals surface area (Å²) in [5.74, 6) is 0.935. The van der Waals surface area contributed by atoms with E-state index in [1.807, 2.05) is 24.3 Å². The molecule has 0 saturated carbocycles. The number of benzene rings is 1. The fourth-order valence-electron chi connectivity index (χ4n) is 2.39. The van der Waals surface area contributed by atoms with Crippen LogP contribution in [0.4, 0.5) is 0 Å². The molecule has 0 aliphatic carbocycles. The van der Waals surface area contributed by atoms with Gasteiger partial charge in [-0.25, -0.2) is 0 Å². The van der Waals surface area contributed by atoms with Crippen LogP contribution in [0.2, 0.25) is 0 Å². The fourth-order valence-corrected chi connectivity index (χ4v) is 2.77. The maximum Gasteiger partial charge on any atom is 0.120 e. The first-order chi connectivity index (χ1) is 8.79. The third kappa shape index (κ3) is 3.97. The first-order valence-electron chi connectivity index (χ1n) is 6.62. The molecule has 0 radical (unpaired) electrons. The molecule has 1 aliphatic heterocycles. The topological polar surface area (TPSA) is 24.5 Å². The number of likely N-dealkylation sites (N-methyl/N-ethyl adjacent to an activating group) is 1. The van der Waals surface area contributed by atoms with Gasteiger partial charge in [0.15, 0.2) is 0 Å². The van der Waals surface area contributed by atoms with Crippen LogP contribution < -0.4 is 10.1 Å². The second-order valence-corrected chi connectivity index (χ2v) is 5.50. The summed E-state index contributed by atoms with van der Waals surface area (Å²) >= 11 is 3.45. The summed E-state index contributed by atoms with van der Waals surface area (Å²) in [5.41, 5.74) is 0. The zero-order valence-corrected chi connectivity index (χ0v) is 12.4. The first-order valence-corrected chi connectivity index (χ1v) is 7.42. The molecule has 1 saturated heterocycles. The van der Waals surface area contributed by atoms with Crippen LogP contribution >= 0.6 is 15.9 Å². The van der Waals surface area contributed by atoms with Crippen molar-refractivity contribution in [2.45, 2.75) is 19.4 Å². The Labute approximate surface area is 118 Å². The van der Waals surface area contributed by atoms with E-state index in [2.05, 4.69) is 33.1 Å². The molecular weight excluding hydrogens is 292 g/mol. The van der Waals surface area contributed by atoms with Crippen molar-refractivity contribution in [1.29, 1.82) is 0 Å². The van der Waals surface area contributed by atoms with Gasteiger partial charge in [0.25, 0.3) is 0 Å². The number of nitrogens with one attached hydrogen (secondary N) is 1. The lowest BCUT2D eigenvalue weighted by atomic mass is 10.2. The van der Waals surface area contributed by atoms with E-state index in [0.717, 1.165) is 43.0 Å². The number of hydrogen-bond acceptors (Lipinski definition) is 3. The highest BCUT2D eigenvalue weighted by Crippen LogP contribution is 2.17. The molecular formula is C14H21BrN2O. The molecule has 0 bridgehead atoms. The highest BCUT2D eigenvalue weighted by Gasteiger charge is 2.20. The number of hydrogen-bond donors (Lipinski definition) is 1. The number of rotatable bonds is 6. The van der Waals surface area contributed by atoms with Crippen LogP contribution in [0.25, 0.3) is 0 Å². The Morgan fingerprint density at radius 1 is 1.50 bits per heavy atom. The Morgan fingerprint density at radius 3 is 3.06 bits per heavy atom. The van der Waals surface area contributed by atoms with Crippen molar-refractivity contribution >= 4 is 15.9 Å². The van der Waals surface area contributed by atoms with E-state index in [-0.39, 0.29) is 0 Å². The minimum Gasteiger partial charge on any atom is -0.492 e. The third-order valence-electron chi connectivity index (χ3n) is 3.40. The van der Waals surface area contributed by atoms with Gasteiger partial charge < -0.3 is 10.1 Å². The highest BCUT2D eigenvalue weighted by molar-refractivity contribution is 9.10. The normalized spacial score (nSPS) is 19.4. The van der Waals surface area contributed by atoms with Crippen LogP contribution in [-0.2, 0) is 0 Å². The van der Waals surface area contributed by atoms with Crippen molar-refractivity contribution in [2.24, 2.45) is 0 Å². The van der Waals surface area contributed by atoms with Crippen molar-refractivity contribution in [3.8, 4) is 5.75 Å². The lowest BCUT2D eigenvalue weighted by Gasteiger charge is -2.26. The molecule has 2 rings (SSSR count). The second-order valence-electron chi connectivity index (χ2n) is 4.58. The van der Waals surface area contributed by atoms with Gasteiger partial charge in [0.05, 0.1) is 0 Å². The Morgan fingerprint density at radius 2 is 2.39 bits per heavy atom. The summed E-state index contributed by atoms with van der Waals surface area (Å²) in [6.45, 7) is 7.32. The minimum absolute atomic E-state index is 0.682. The minimum atomic E-state index is 0.682. The van der Waals surface area contributed by atoms with Crippen LogP contribution in [0.3, 0.4) is 0 Å². The van der Waals surface area contributed by atoms with Crippen LogP contribution in [0.15, 0.2) is 28.7 Å². The molecule has 3 nitrogen and oxygen atoms in total. The molecule has 1 aliphatic rings. The van der Waals surface area contributed by atoms with Gasteiger partial charge in [-0.05, 0) is 37.7 Å². The molecule has 1 heterocycles. The molecule has 1 aromatic rings. The fraction of sp³-hybridized carbons (Fsp3) is 0.571. The number of nitrogens with zero attached hydrogens (tertiary/aromatic N) is 1. The quantitative estimate of drug-likeness (QED) is 0.873. The molecule has 4 heteroatoms. The van der Waals surface area contributed by atoms with Gasteiger partial charge in [-0.1, -0.05) is 28.9 Å². The van der Waals surface area contributed by atoms with Crippen molar-refractivity contribution in [3.05, 3.63) is 28.7 Å². The van der Waals surface area contributed by atoms with Crippen LogP contribution in [0.1, 0.15) is 13.3 Å². The maximum absolute atomic E-state index is 5.79. The molecule has 1 aromatic carbocycles. The largest absolute Gasteiger partial charge is 0.492 e. The molecule has 1 fully saturated rings. The van der Waals surface area contributed by atoms with Crippen LogP contribution in [-0.4, -0.2) is 43.7 Å². The highest BCUT2D eigenvalue weighted by atomic mass is 79.9. The predicted molar refractivity (Wildman–Crippen MR) is 78.2 cm³/mol. The zero-order valence-electron chi connectivity index (χ0n) is 10.9. The van der Waals surface area contributed by atoms with E-state index in [9.17, 15) is 0 Å². The predicted octanol–water partition coefficient (Wildman–Crippen LogP) is 2.51. The molecule has 1 atom stereocenters. The summed E-state index contributed by atoms with van der Waals surface area (Å²) < 4.78 is 6.85. The molecule has 1 N–H and O–H groups in total. The van der Waals surface area contributed by atoms with Gasteiger partial charge in [0.2, 0.25) is 0 Å². The van der Waals surface area contributed by atoms with Crippen molar-refractivity contribution in [1.82, 2.24) is 10.2 Å². The van der Waals surface area contributed by atoms with E-state index < -0.39 is 0 Å². The van der Waals surface area contributed by atoms with Gasteiger partial charge in [-0.15, -0.1) is 0 Å². The van der Waals surface area contributed by atoms with Crippen molar-refractivity contribution < 1.29 is 4.74 Å². The molecule has 0 aromatic heterocycles. The van der Waals surface area contributed by atoms with Gasteiger partial charge >= 0.3 is 0 Å². The molecule has 18 heavy (non-hydrogen) atoms. The number of ether oxygens (including phenoxy) is 1. The summed E-state index contributed by atoms with van der Waals surface area (Å²) in [6.07, 6.45) is 1.25. The number of halogens is 1. The van der Waals surface area contributed by atoms with Crippen LogP contribution in [0, 0.1) is 0 Å². The molecule has 100 valence electrons. The van der Waals surface area contributed by atoms with E-state index in [1.54, 1.807) is 0 Å². The lowest BCUT2D eigenvalue weighted by molar-refractivity contribution is 0.174. The van der Waals surface area contributed by atoms with Crippen LogP contribution in [0.5, 0.6) is 5.75 Å². The van der Waals surface area contributed by atoms with Gasteiger partial charge in [-0.2, -0.15) is 0 Å². The molecule has 1 unspecified atom stereocenters. The SMILES string of the molecule is CCN(CCOc1cccc(Br)c1)C1CCNC1. The third-order valence-corrected chi connectivity index (χ3v) is 3.89. The average molecular weight is 313 g/mol. The maximum atomic E-state index is 5.79. The Balaban J connectivity index is 1.76. The monoisotopic (exact) mass is 312 g/mol. The summed E-state index contributed by atoms with van der Waals surface area (Å²) in [6, 6.07) is 8.69. The second kappa shape index (κ2) is 7.12. The Kier molecular flexibility index (Phi) is 5.47. The first kappa shape index (κ1) is 13.8. The standard InChI is InChI=1S/C14H21BrN2O/c1-2-17(13-6-7-16-11-13)8-9-18-14-5-3-4-12(15)10-14/h3-5,10,13,16H,2,6-9,11H2,1H3. The Hall–Kier alpha value is -0.580. The van der Waals surface area contributed by atoms with E-state index >= 15 is 0 Å². The van der Waals surface area contributed by atoms with Crippen molar-refractivity contribution in [3.63, 3.8) is 0 Å². The van der Waals surface area contributed by atoms with E-state index in [0.29, 0.717) is 6.04 Å². The molecule has 0 amide bonds. The van der Waals surface area contributed by atoms with E-state index in [1.165, 1.54) is 6.42 Å². The summed E-state index contributed by atoms with van der Waals surface area (Å²) in [7, 11) is 0. The van der Waals surface area contributed by atoms with Gasteiger partial charge in [0.1, 0.15) is 12.4 Å². The summed E-state index contributed by atoms with van der Waals surface area (Å²) in [4.78, 5) is 2.50. The average Bonchev–Trinajstić information content (AvgIpc) is 2.88. The van der Waals surface area contributed by atoms with E-state index in [4.69, 9.17) is 4.74 Å².